The maximum absolute atomic E-state index is 12.2. The molecule has 0 saturated carbocycles. The SMILES string of the molecule is CCn1c(SCC(=O)Nc2ccccc2)nnc1C1CN=Cc2cccnc21. The van der Waals surface area contributed by atoms with Gasteiger partial charge in [0, 0.05) is 30.2 Å². The predicted octanol–water partition coefficient (Wildman–Crippen LogP) is 2.99. The van der Waals surface area contributed by atoms with Crippen LogP contribution in [0.2, 0.25) is 0 Å². The minimum atomic E-state index is -0.0716. The quantitative estimate of drug-likeness (QED) is 0.652. The van der Waals surface area contributed by atoms with Crippen LogP contribution in [0.5, 0.6) is 0 Å². The minimum absolute atomic E-state index is 0.0267. The first-order valence-corrected chi connectivity index (χ1v) is 10.1. The number of benzene rings is 1. The Morgan fingerprint density at radius 2 is 2.07 bits per heavy atom. The fraction of sp³-hybridized carbons (Fsp3) is 0.250. The number of aliphatic imine (C=N–C) groups is 1. The molecule has 4 rings (SSSR count). The van der Waals surface area contributed by atoms with Gasteiger partial charge in [-0.25, -0.2) is 0 Å². The van der Waals surface area contributed by atoms with Gasteiger partial charge in [0.25, 0.3) is 0 Å². The Labute approximate surface area is 167 Å². The predicted molar refractivity (Wildman–Crippen MR) is 110 cm³/mol. The maximum Gasteiger partial charge on any atom is 0.234 e. The molecule has 3 heterocycles. The fourth-order valence-electron chi connectivity index (χ4n) is 3.19. The first kappa shape index (κ1) is 18.4. The third kappa shape index (κ3) is 3.82. The molecule has 0 fully saturated rings. The van der Waals surface area contributed by atoms with E-state index in [-0.39, 0.29) is 17.6 Å². The van der Waals surface area contributed by atoms with Crippen LogP contribution in [-0.2, 0) is 11.3 Å². The van der Waals surface area contributed by atoms with Crippen LogP contribution in [0, 0.1) is 0 Å². The molecule has 3 aromatic rings. The molecule has 2 aromatic heterocycles. The molecule has 1 aromatic carbocycles. The summed E-state index contributed by atoms with van der Waals surface area (Å²) >= 11 is 1.38. The third-order valence-electron chi connectivity index (χ3n) is 4.48. The van der Waals surface area contributed by atoms with Gasteiger partial charge in [0.1, 0.15) is 5.82 Å². The summed E-state index contributed by atoms with van der Waals surface area (Å²) in [7, 11) is 0. The van der Waals surface area contributed by atoms with E-state index in [1.165, 1.54) is 11.8 Å². The number of anilines is 1. The lowest BCUT2D eigenvalue weighted by atomic mass is 9.97. The Bertz CT molecular complexity index is 1000. The zero-order valence-electron chi connectivity index (χ0n) is 15.4. The monoisotopic (exact) mass is 392 g/mol. The highest BCUT2D eigenvalue weighted by molar-refractivity contribution is 7.99. The number of nitrogens with zero attached hydrogens (tertiary/aromatic N) is 5. The van der Waals surface area contributed by atoms with Crippen LogP contribution < -0.4 is 5.32 Å². The number of hydrogen-bond acceptors (Lipinski definition) is 6. The average Bonchev–Trinajstić information content (AvgIpc) is 3.15. The summed E-state index contributed by atoms with van der Waals surface area (Å²) in [5.74, 6) is 1.01. The van der Waals surface area contributed by atoms with Crippen molar-refractivity contribution in [3.05, 3.63) is 65.7 Å². The van der Waals surface area contributed by atoms with Crippen molar-refractivity contribution in [3.63, 3.8) is 0 Å². The molecule has 1 amide bonds. The Kier molecular flexibility index (Phi) is 5.48. The number of pyridine rings is 1. The van der Waals surface area contributed by atoms with Crippen LogP contribution in [0.4, 0.5) is 5.69 Å². The molecular weight excluding hydrogens is 372 g/mol. The highest BCUT2D eigenvalue weighted by Gasteiger charge is 2.27. The molecule has 0 aliphatic carbocycles. The zero-order valence-corrected chi connectivity index (χ0v) is 16.3. The first-order chi connectivity index (χ1) is 13.8. The van der Waals surface area contributed by atoms with Gasteiger partial charge in [0.05, 0.1) is 23.9 Å². The Morgan fingerprint density at radius 1 is 1.21 bits per heavy atom. The molecule has 7 nitrogen and oxygen atoms in total. The summed E-state index contributed by atoms with van der Waals surface area (Å²) in [5.41, 5.74) is 2.77. The molecule has 28 heavy (non-hydrogen) atoms. The number of thioether (sulfide) groups is 1. The number of aromatic nitrogens is 4. The van der Waals surface area contributed by atoms with E-state index < -0.39 is 0 Å². The van der Waals surface area contributed by atoms with Crippen LogP contribution in [0.1, 0.15) is 29.9 Å². The summed E-state index contributed by atoms with van der Waals surface area (Å²) in [5, 5.41) is 12.4. The van der Waals surface area contributed by atoms with Gasteiger partial charge in [0.15, 0.2) is 5.16 Å². The van der Waals surface area contributed by atoms with Gasteiger partial charge in [-0.05, 0) is 25.1 Å². The van der Waals surface area contributed by atoms with E-state index in [1.54, 1.807) is 6.20 Å². The van der Waals surface area contributed by atoms with Gasteiger partial charge in [0.2, 0.25) is 5.91 Å². The van der Waals surface area contributed by atoms with Crippen LogP contribution in [0.15, 0.2) is 58.8 Å². The summed E-state index contributed by atoms with van der Waals surface area (Å²) in [4.78, 5) is 21.2. The van der Waals surface area contributed by atoms with Crippen molar-refractivity contribution in [2.45, 2.75) is 24.5 Å². The number of nitrogens with one attached hydrogen (secondary N) is 1. The lowest BCUT2D eigenvalue weighted by molar-refractivity contribution is -0.113. The normalized spacial score (nSPS) is 15.2. The zero-order chi connectivity index (χ0) is 19.3. The Morgan fingerprint density at radius 3 is 2.89 bits per heavy atom. The van der Waals surface area contributed by atoms with E-state index in [4.69, 9.17) is 0 Å². The van der Waals surface area contributed by atoms with E-state index in [2.05, 4.69) is 25.5 Å². The molecule has 1 aliphatic heterocycles. The smallest absolute Gasteiger partial charge is 0.234 e. The standard InChI is InChI=1S/C20H20N6OS/c1-2-26-19(16-12-21-11-14-7-6-10-22-18(14)16)24-25-20(26)28-13-17(27)23-15-8-4-3-5-9-15/h3-11,16H,2,12-13H2,1H3,(H,23,27). The van der Waals surface area contributed by atoms with E-state index >= 15 is 0 Å². The van der Waals surface area contributed by atoms with E-state index in [1.807, 2.05) is 60.2 Å². The topological polar surface area (TPSA) is 85.1 Å². The van der Waals surface area contributed by atoms with Crippen molar-refractivity contribution in [2.75, 3.05) is 17.6 Å². The first-order valence-electron chi connectivity index (χ1n) is 9.11. The van der Waals surface area contributed by atoms with Gasteiger partial charge in [-0.3, -0.25) is 14.8 Å². The summed E-state index contributed by atoms with van der Waals surface area (Å²) in [6.45, 7) is 3.36. The fourth-order valence-corrected chi connectivity index (χ4v) is 4.00. The van der Waals surface area contributed by atoms with E-state index in [9.17, 15) is 4.79 Å². The van der Waals surface area contributed by atoms with Crippen LogP contribution in [0.25, 0.3) is 0 Å². The van der Waals surface area contributed by atoms with Gasteiger partial charge >= 0.3 is 0 Å². The van der Waals surface area contributed by atoms with Crippen molar-refractivity contribution >= 4 is 29.6 Å². The second-order valence-electron chi connectivity index (χ2n) is 6.31. The summed E-state index contributed by atoms with van der Waals surface area (Å²) < 4.78 is 2.05. The Balaban J connectivity index is 1.49. The number of carbonyl (C=O) groups is 1. The summed E-state index contributed by atoms with van der Waals surface area (Å²) in [6, 6.07) is 13.3. The number of carbonyl (C=O) groups excluding carboxylic acids is 1. The van der Waals surface area contributed by atoms with Crippen molar-refractivity contribution in [3.8, 4) is 0 Å². The minimum Gasteiger partial charge on any atom is -0.325 e. The van der Waals surface area contributed by atoms with Gasteiger partial charge in [-0.2, -0.15) is 0 Å². The molecule has 142 valence electrons. The Hall–Kier alpha value is -3.00. The number of fused-ring (bicyclic) bond motifs is 1. The van der Waals surface area contributed by atoms with Gasteiger partial charge < -0.3 is 9.88 Å². The number of para-hydroxylation sites is 1. The van der Waals surface area contributed by atoms with E-state index in [0.717, 1.165) is 27.9 Å². The molecule has 1 unspecified atom stereocenters. The summed E-state index contributed by atoms with van der Waals surface area (Å²) in [6.07, 6.45) is 3.65. The van der Waals surface area contributed by atoms with Crippen molar-refractivity contribution in [1.29, 1.82) is 0 Å². The number of amides is 1. The van der Waals surface area contributed by atoms with Crippen LogP contribution >= 0.6 is 11.8 Å². The lowest BCUT2D eigenvalue weighted by Gasteiger charge is -2.20. The highest BCUT2D eigenvalue weighted by atomic mass is 32.2. The van der Waals surface area contributed by atoms with Gasteiger partial charge in [-0.15, -0.1) is 10.2 Å². The molecule has 0 saturated heterocycles. The van der Waals surface area contributed by atoms with Gasteiger partial charge in [-0.1, -0.05) is 36.0 Å². The van der Waals surface area contributed by atoms with Crippen molar-refractivity contribution in [2.24, 2.45) is 4.99 Å². The molecule has 1 aliphatic rings. The maximum atomic E-state index is 12.2. The van der Waals surface area contributed by atoms with Crippen molar-refractivity contribution < 1.29 is 4.79 Å². The molecule has 1 N–H and O–H groups in total. The van der Waals surface area contributed by atoms with Crippen LogP contribution in [0.3, 0.4) is 0 Å². The molecule has 0 bridgehead atoms. The molecular formula is C20H20N6OS. The van der Waals surface area contributed by atoms with E-state index in [0.29, 0.717) is 13.1 Å². The lowest BCUT2D eigenvalue weighted by Crippen LogP contribution is -2.19. The molecule has 0 spiro atoms. The molecule has 8 heteroatoms. The molecule has 1 atom stereocenters. The largest absolute Gasteiger partial charge is 0.325 e. The average molecular weight is 392 g/mol. The van der Waals surface area contributed by atoms with Crippen LogP contribution in [-0.4, -0.2) is 44.2 Å². The third-order valence-corrected chi connectivity index (χ3v) is 5.45. The van der Waals surface area contributed by atoms with Crippen molar-refractivity contribution in [1.82, 2.24) is 19.7 Å². The second kappa shape index (κ2) is 8.35. The molecule has 0 radical (unpaired) electrons. The second-order valence-corrected chi connectivity index (χ2v) is 7.26. The highest BCUT2D eigenvalue weighted by Crippen LogP contribution is 2.29. The number of rotatable bonds is 6. The number of hydrogen-bond donors (Lipinski definition) is 1.